The van der Waals surface area contributed by atoms with Gasteiger partial charge in [0.2, 0.25) is 0 Å². The summed E-state index contributed by atoms with van der Waals surface area (Å²) in [5, 5.41) is 10.2. The third-order valence-corrected chi connectivity index (χ3v) is 2.78. The molecule has 0 fully saturated rings. The summed E-state index contributed by atoms with van der Waals surface area (Å²) in [6.45, 7) is 13.0. The van der Waals surface area contributed by atoms with Gasteiger partial charge >= 0.3 is 0 Å². The lowest BCUT2D eigenvalue weighted by atomic mass is 9.75. The van der Waals surface area contributed by atoms with Crippen LogP contribution < -0.4 is 0 Å². The third-order valence-electron chi connectivity index (χ3n) is 2.78. The number of unbranched alkanes of at least 4 members (excludes halogenated alkanes) is 1. The molecule has 1 N–H and O–H groups in total. The molecule has 0 saturated heterocycles. The van der Waals surface area contributed by atoms with Crippen molar-refractivity contribution in [2.75, 3.05) is 0 Å². The molecule has 2 atom stereocenters. The predicted octanol–water partition coefficient (Wildman–Crippen LogP) is 4.17. The molecule has 0 heterocycles. The van der Waals surface area contributed by atoms with E-state index in [-0.39, 0.29) is 17.4 Å². The minimum atomic E-state index is -0.195. The summed E-state index contributed by atoms with van der Waals surface area (Å²) in [6.07, 6.45) is 5.22. The van der Waals surface area contributed by atoms with Gasteiger partial charge < -0.3 is 5.11 Å². The molecule has 1 nitrogen and oxygen atoms in total. The zero-order valence-electron chi connectivity index (χ0n) is 11.3. The van der Waals surface area contributed by atoms with Crippen molar-refractivity contribution in [3.8, 4) is 0 Å². The van der Waals surface area contributed by atoms with Crippen molar-refractivity contribution < 1.29 is 5.11 Å². The van der Waals surface area contributed by atoms with E-state index in [1.54, 1.807) is 0 Å². The van der Waals surface area contributed by atoms with Gasteiger partial charge in [0.1, 0.15) is 0 Å². The van der Waals surface area contributed by atoms with E-state index >= 15 is 0 Å². The summed E-state index contributed by atoms with van der Waals surface area (Å²) < 4.78 is 0. The lowest BCUT2D eigenvalue weighted by Crippen LogP contribution is -2.30. The molecule has 0 aromatic rings. The molecule has 0 unspecified atom stereocenters. The van der Waals surface area contributed by atoms with Crippen LogP contribution in [0.25, 0.3) is 0 Å². The number of hydrogen-bond acceptors (Lipinski definition) is 1. The van der Waals surface area contributed by atoms with Crippen LogP contribution in [0, 0.1) is 11.3 Å². The minimum Gasteiger partial charge on any atom is -0.392 e. The third kappa shape index (κ3) is 5.99. The van der Waals surface area contributed by atoms with Gasteiger partial charge in [0.15, 0.2) is 0 Å². The standard InChI is InChI=1S/C14H28O/c1-7-8-9-13(15)12(10-11(2)3)14(4,5)6/h10,12-13,15H,7-9H2,1-6H3/t12-,13+/m1/s1. The zero-order chi connectivity index (χ0) is 12.1. The molecule has 15 heavy (non-hydrogen) atoms. The van der Waals surface area contributed by atoms with Crippen molar-refractivity contribution >= 4 is 0 Å². The van der Waals surface area contributed by atoms with E-state index in [1.807, 2.05) is 0 Å². The molecule has 0 aromatic heterocycles. The van der Waals surface area contributed by atoms with E-state index < -0.39 is 0 Å². The van der Waals surface area contributed by atoms with Gasteiger partial charge in [0.25, 0.3) is 0 Å². The highest BCUT2D eigenvalue weighted by Crippen LogP contribution is 2.32. The second-order valence-corrected chi connectivity index (χ2v) is 5.85. The maximum absolute atomic E-state index is 10.2. The second kappa shape index (κ2) is 6.32. The van der Waals surface area contributed by atoms with Gasteiger partial charge in [-0.3, -0.25) is 0 Å². The van der Waals surface area contributed by atoms with Crippen molar-refractivity contribution in [1.82, 2.24) is 0 Å². The summed E-state index contributed by atoms with van der Waals surface area (Å²) in [6, 6.07) is 0. The van der Waals surface area contributed by atoms with Crippen LogP contribution in [0.15, 0.2) is 11.6 Å². The molecular weight excluding hydrogens is 184 g/mol. The van der Waals surface area contributed by atoms with E-state index in [4.69, 9.17) is 0 Å². The molecule has 0 bridgehead atoms. The Morgan fingerprint density at radius 3 is 2.13 bits per heavy atom. The number of allylic oxidation sites excluding steroid dienone is 1. The Bertz CT molecular complexity index is 194. The van der Waals surface area contributed by atoms with Gasteiger partial charge in [-0.2, -0.15) is 0 Å². The van der Waals surface area contributed by atoms with Crippen LogP contribution in [0.4, 0.5) is 0 Å². The summed E-state index contributed by atoms with van der Waals surface area (Å²) in [5.74, 6) is 0.272. The van der Waals surface area contributed by atoms with Crippen molar-refractivity contribution in [2.45, 2.75) is 66.9 Å². The largest absolute Gasteiger partial charge is 0.392 e. The second-order valence-electron chi connectivity index (χ2n) is 5.85. The van der Waals surface area contributed by atoms with Gasteiger partial charge in [-0.05, 0) is 25.7 Å². The first-order valence-electron chi connectivity index (χ1n) is 6.12. The van der Waals surface area contributed by atoms with Crippen LogP contribution in [0.1, 0.15) is 60.8 Å². The van der Waals surface area contributed by atoms with Crippen molar-refractivity contribution in [3.63, 3.8) is 0 Å². The van der Waals surface area contributed by atoms with Crippen LogP contribution in [0.3, 0.4) is 0 Å². The first-order chi connectivity index (χ1) is 6.79. The summed E-state index contributed by atoms with van der Waals surface area (Å²) in [5.41, 5.74) is 1.44. The normalized spacial score (nSPS) is 15.9. The number of hydrogen-bond donors (Lipinski definition) is 1. The molecule has 0 amide bonds. The molecule has 0 rings (SSSR count). The first-order valence-corrected chi connectivity index (χ1v) is 6.12. The van der Waals surface area contributed by atoms with E-state index in [1.165, 1.54) is 5.57 Å². The van der Waals surface area contributed by atoms with Crippen LogP contribution in [0.2, 0.25) is 0 Å². The fourth-order valence-corrected chi connectivity index (χ4v) is 1.89. The average molecular weight is 212 g/mol. The Morgan fingerprint density at radius 1 is 1.27 bits per heavy atom. The predicted molar refractivity (Wildman–Crippen MR) is 67.9 cm³/mol. The molecule has 0 saturated carbocycles. The average Bonchev–Trinajstić information content (AvgIpc) is 2.08. The molecule has 0 aliphatic heterocycles. The highest BCUT2D eigenvalue weighted by Gasteiger charge is 2.28. The molecule has 0 aliphatic carbocycles. The van der Waals surface area contributed by atoms with Gasteiger partial charge in [-0.25, -0.2) is 0 Å². The molecule has 0 aromatic carbocycles. The lowest BCUT2D eigenvalue weighted by Gasteiger charge is -2.32. The SMILES string of the molecule is CCCC[C@H](O)[C@@H](C=C(C)C)C(C)(C)C. The highest BCUT2D eigenvalue weighted by atomic mass is 16.3. The van der Waals surface area contributed by atoms with Gasteiger partial charge in [0, 0.05) is 5.92 Å². The zero-order valence-corrected chi connectivity index (χ0v) is 11.3. The first kappa shape index (κ1) is 14.7. The Morgan fingerprint density at radius 2 is 1.80 bits per heavy atom. The summed E-state index contributed by atoms with van der Waals surface area (Å²) >= 11 is 0. The Labute approximate surface area is 95.6 Å². The summed E-state index contributed by atoms with van der Waals surface area (Å²) in [4.78, 5) is 0. The topological polar surface area (TPSA) is 20.2 Å². The van der Waals surface area contributed by atoms with Crippen LogP contribution in [-0.2, 0) is 0 Å². The quantitative estimate of drug-likeness (QED) is 0.678. The maximum atomic E-state index is 10.2. The molecule has 1 heteroatoms. The van der Waals surface area contributed by atoms with E-state index in [9.17, 15) is 5.11 Å². The maximum Gasteiger partial charge on any atom is 0.0607 e. The summed E-state index contributed by atoms with van der Waals surface area (Å²) in [7, 11) is 0. The smallest absolute Gasteiger partial charge is 0.0607 e. The highest BCUT2D eigenvalue weighted by molar-refractivity contribution is 5.03. The lowest BCUT2D eigenvalue weighted by molar-refractivity contribution is 0.0625. The number of aliphatic hydroxyl groups is 1. The van der Waals surface area contributed by atoms with Crippen LogP contribution in [-0.4, -0.2) is 11.2 Å². The van der Waals surface area contributed by atoms with Crippen LogP contribution in [0.5, 0.6) is 0 Å². The Kier molecular flexibility index (Phi) is 6.19. The molecule has 90 valence electrons. The Hall–Kier alpha value is -0.300. The van der Waals surface area contributed by atoms with Gasteiger partial charge in [-0.15, -0.1) is 0 Å². The number of aliphatic hydroxyl groups excluding tert-OH is 1. The fraction of sp³-hybridized carbons (Fsp3) is 0.857. The molecule has 0 aliphatic rings. The van der Waals surface area contributed by atoms with E-state index in [2.05, 4.69) is 47.6 Å². The van der Waals surface area contributed by atoms with Crippen molar-refractivity contribution in [1.29, 1.82) is 0 Å². The number of rotatable bonds is 5. The van der Waals surface area contributed by atoms with Crippen molar-refractivity contribution in [3.05, 3.63) is 11.6 Å². The molecular formula is C14H28O. The van der Waals surface area contributed by atoms with Gasteiger partial charge in [0.05, 0.1) is 6.10 Å². The van der Waals surface area contributed by atoms with E-state index in [0.717, 1.165) is 19.3 Å². The van der Waals surface area contributed by atoms with E-state index in [0.29, 0.717) is 0 Å². The monoisotopic (exact) mass is 212 g/mol. The Balaban J connectivity index is 4.57. The van der Waals surface area contributed by atoms with Crippen molar-refractivity contribution in [2.24, 2.45) is 11.3 Å². The molecule has 0 radical (unpaired) electrons. The minimum absolute atomic E-state index is 0.143. The van der Waals surface area contributed by atoms with Crippen LogP contribution >= 0.6 is 0 Å². The fourth-order valence-electron chi connectivity index (χ4n) is 1.89. The molecule has 0 spiro atoms. The van der Waals surface area contributed by atoms with Gasteiger partial charge in [-0.1, -0.05) is 52.2 Å².